The zero-order valence-electron chi connectivity index (χ0n) is 4.13. The molecule has 0 radical (unpaired) electrons. The molecule has 2 nitrogen and oxygen atoms in total. The summed E-state index contributed by atoms with van der Waals surface area (Å²) in [7, 11) is 0. The molecule has 0 fully saturated rings. The van der Waals surface area contributed by atoms with Crippen LogP contribution in [0.15, 0.2) is 17.5 Å². The van der Waals surface area contributed by atoms with Gasteiger partial charge in [0.05, 0.1) is 4.88 Å². The van der Waals surface area contributed by atoms with E-state index in [-0.39, 0.29) is 5.91 Å². The van der Waals surface area contributed by atoms with Gasteiger partial charge in [0, 0.05) is 0 Å². The summed E-state index contributed by atoms with van der Waals surface area (Å²) in [6.07, 6.45) is 0. The number of primary amides is 1. The van der Waals surface area contributed by atoms with E-state index in [1.807, 2.05) is 5.38 Å². The third-order valence-electron chi connectivity index (χ3n) is 0.764. The van der Waals surface area contributed by atoms with Crippen molar-refractivity contribution < 1.29 is 4.79 Å². The minimum atomic E-state index is -0.347. The van der Waals surface area contributed by atoms with Crippen molar-refractivity contribution >= 4 is 17.2 Å². The summed E-state index contributed by atoms with van der Waals surface area (Å²) in [4.78, 5) is 10.9. The Balaban J connectivity index is 2.93. The Morgan fingerprint density at radius 2 is 2.50 bits per heavy atom. The maximum absolute atomic E-state index is 10.3. The molecular weight excluding hydrogens is 122 g/mol. The molecule has 0 spiro atoms. The Hall–Kier alpha value is -0.830. The number of carbonyl (C=O) groups is 1. The van der Waals surface area contributed by atoms with E-state index < -0.39 is 0 Å². The molecule has 3 heteroatoms. The van der Waals surface area contributed by atoms with E-state index >= 15 is 0 Å². The van der Waals surface area contributed by atoms with Crippen LogP contribution in [0.2, 0.25) is 0 Å². The van der Waals surface area contributed by atoms with Crippen LogP contribution in [-0.4, -0.2) is 5.91 Å². The third-order valence-corrected chi connectivity index (χ3v) is 1.65. The molecule has 0 atom stereocenters. The van der Waals surface area contributed by atoms with Crippen molar-refractivity contribution in [3.8, 4) is 0 Å². The topological polar surface area (TPSA) is 43.1 Å². The Labute approximate surface area is 50.9 Å². The van der Waals surface area contributed by atoms with E-state index in [0.717, 1.165) is 0 Å². The van der Waals surface area contributed by atoms with Crippen LogP contribution in [0.25, 0.3) is 0 Å². The van der Waals surface area contributed by atoms with E-state index in [9.17, 15) is 4.79 Å². The van der Waals surface area contributed by atoms with Gasteiger partial charge < -0.3 is 5.73 Å². The summed E-state index contributed by atoms with van der Waals surface area (Å²) in [5.74, 6) is -0.347. The average Bonchev–Trinajstić information content (AvgIpc) is 2.12. The molecule has 0 aliphatic carbocycles. The number of hydrogen-bond acceptors (Lipinski definition) is 2. The van der Waals surface area contributed by atoms with Crippen molar-refractivity contribution in [1.82, 2.24) is 0 Å². The lowest BCUT2D eigenvalue weighted by Gasteiger charge is -1.80. The first kappa shape index (κ1) is 5.31. The third kappa shape index (κ3) is 0.869. The van der Waals surface area contributed by atoms with Gasteiger partial charge in [-0.1, -0.05) is 6.07 Å². The van der Waals surface area contributed by atoms with Gasteiger partial charge in [-0.2, -0.15) is 0 Å². The van der Waals surface area contributed by atoms with Gasteiger partial charge in [0.15, 0.2) is 0 Å². The number of hydrogen-bond donors (Lipinski definition) is 1. The summed E-state index contributed by atoms with van der Waals surface area (Å²) < 4.78 is 0. The molecule has 0 aromatic carbocycles. The zero-order chi connectivity index (χ0) is 5.98. The molecule has 1 heterocycles. The maximum atomic E-state index is 10.3. The first-order valence-electron chi connectivity index (χ1n) is 2.14. The standard InChI is InChI=1S/C5H5NOS/c6-5(7)4-2-1-3-8-4/h1-3H,(H2,6,7). The largest absolute Gasteiger partial charge is 0.365 e. The van der Waals surface area contributed by atoms with E-state index in [0.29, 0.717) is 4.88 Å². The number of rotatable bonds is 1. The van der Waals surface area contributed by atoms with Crippen LogP contribution in [-0.2, 0) is 0 Å². The first-order valence-corrected chi connectivity index (χ1v) is 3.02. The number of carbonyl (C=O) groups excluding carboxylic acids is 1. The van der Waals surface area contributed by atoms with Gasteiger partial charge in [0.25, 0.3) is 5.91 Å². The molecule has 0 saturated carbocycles. The van der Waals surface area contributed by atoms with Gasteiger partial charge in [-0.05, 0) is 11.4 Å². The minimum Gasteiger partial charge on any atom is -0.365 e. The number of nitrogens with two attached hydrogens (primary N) is 1. The molecule has 0 aliphatic heterocycles. The smallest absolute Gasteiger partial charge is 0.258 e. The van der Waals surface area contributed by atoms with Crippen LogP contribution >= 0.6 is 11.3 Å². The monoisotopic (exact) mass is 127 g/mol. The average molecular weight is 127 g/mol. The van der Waals surface area contributed by atoms with E-state index in [2.05, 4.69) is 0 Å². The summed E-state index contributed by atoms with van der Waals surface area (Å²) in [5, 5.41) is 1.82. The quantitative estimate of drug-likeness (QED) is 0.597. The molecule has 8 heavy (non-hydrogen) atoms. The Morgan fingerprint density at radius 1 is 1.75 bits per heavy atom. The molecule has 1 rings (SSSR count). The summed E-state index contributed by atoms with van der Waals surface area (Å²) >= 11 is 1.36. The first-order chi connectivity index (χ1) is 3.80. The normalized spacial score (nSPS) is 9.00. The second kappa shape index (κ2) is 1.96. The zero-order valence-corrected chi connectivity index (χ0v) is 4.94. The van der Waals surface area contributed by atoms with Gasteiger partial charge in [-0.3, -0.25) is 4.79 Å². The lowest BCUT2D eigenvalue weighted by atomic mass is 10.5. The van der Waals surface area contributed by atoms with Crippen LogP contribution in [0.3, 0.4) is 0 Å². The highest BCUT2D eigenvalue weighted by Gasteiger charge is 1.96. The number of amides is 1. The fourth-order valence-electron chi connectivity index (χ4n) is 0.419. The van der Waals surface area contributed by atoms with Crippen molar-refractivity contribution in [2.24, 2.45) is 5.73 Å². The highest BCUT2D eigenvalue weighted by molar-refractivity contribution is 7.12. The predicted molar refractivity (Wildman–Crippen MR) is 32.8 cm³/mol. The fourth-order valence-corrected chi connectivity index (χ4v) is 0.996. The number of thiophene rings is 1. The van der Waals surface area contributed by atoms with Crippen molar-refractivity contribution in [3.63, 3.8) is 0 Å². The summed E-state index contributed by atoms with van der Waals surface area (Å²) in [5.41, 5.74) is 4.93. The molecule has 0 saturated heterocycles. The van der Waals surface area contributed by atoms with Crippen molar-refractivity contribution in [1.29, 1.82) is 0 Å². The molecule has 1 aromatic rings. The van der Waals surface area contributed by atoms with E-state index in [1.54, 1.807) is 12.1 Å². The molecule has 1 amide bonds. The van der Waals surface area contributed by atoms with Crippen LogP contribution in [0.1, 0.15) is 9.67 Å². The highest BCUT2D eigenvalue weighted by atomic mass is 32.1. The van der Waals surface area contributed by atoms with Crippen molar-refractivity contribution in [2.75, 3.05) is 0 Å². The van der Waals surface area contributed by atoms with Crippen molar-refractivity contribution in [3.05, 3.63) is 22.4 Å². The maximum Gasteiger partial charge on any atom is 0.258 e. The van der Waals surface area contributed by atoms with Crippen LogP contribution in [0, 0.1) is 0 Å². The molecule has 1 aromatic heterocycles. The molecule has 0 bridgehead atoms. The van der Waals surface area contributed by atoms with Gasteiger partial charge in [-0.15, -0.1) is 11.3 Å². The SMILES string of the molecule is NC(=O)c1cccs1. The van der Waals surface area contributed by atoms with E-state index in [1.165, 1.54) is 11.3 Å². The summed E-state index contributed by atoms with van der Waals surface area (Å²) in [6, 6.07) is 3.50. The highest BCUT2D eigenvalue weighted by Crippen LogP contribution is 2.05. The summed E-state index contributed by atoms with van der Waals surface area (Å²) in [6.45, 7) is 0. The van der Waals surface area contributed by atoms with E-state index in [4.69, 9.17) is 5.73 Å². The van der Waals surface area contributed by atoms with Gasteiger partial charge in [-0.25, -0.2) is 0 Å². The lowest BCUT2D eigenvalue weighted by molar-refractivity contribution is 0.100. The van der Waals surface area contributed by atoms with Crippen LogP contribution in [0.5, 0.6) is 0 Å². The second-order valence-corrected chi connectivity index (χ2v) is 2.29. The van der Waals surface area contributed by atoms with Crippen molar-refractivity contribution in [2.45, 2.75) is 0 Å². The Morgan fingerprint density at radius 3 is 2.75 bits per heavy atom. The second-order valence-electron chi connectivity index (χ2n) is 1.34. The molecular formula is C5H5NOS. The fraction of sp³-hybridized carbons (Fsp3) is 0. The molecule has 42 valence electrons. The lowest BCUT2D eigenvalue weighted by Crippen LogP contribution is -2.07. The Kier molecular flexibility index (Phi) is 1.30. The predicted octanol–water partition coefficient (Wildman–Crippen LogP) is 0.847. The molecule has 2 N–H and O–H groups in total. The van der Waals surface area contributed by atoms with Gasteiger partial charge in [0.2, 0.25) is 0 Å². The van der Waals surface area contributed by atoms with Gasteiger partial charge in [0.1, 0.15) is 0 Å². The minimum absolute atomic E-state index is 0.347. The Bertz CT molecular complexity index is 180. The molecule has 0 unspecified atom stereocenters. The van der Waals surface area contributed by atoms with Crippen LogP contribution < -0.4 is 5.73 Å². The molecule has 0 aliphatic rings. The van der Waals surface area contributed by atoms with Gasteiger partial charge >= 0.3 is 0 Å². The van der Waals surface area contributed by atoms with Crippen LogP contribution in [0.4, 0.5) is 0 Å².